The highest BCUT2D eigenvalue weighted by molar-refractivity contribution is 6.07. The summed E-state index contributed by atoms with van der Waals surface area (Å²) in [7, 11) is 0. The Morgan fingerprint density at radius 1 is 1.27 bits per heavy atom. The number of Topliss-reactive ketones (excluding diaryl/α,β-unsaturated/α-hetero) is 1. The van der Waals surface area contributed by atoms with Crippen LogP contribution in [0.15, 0.2) is 0 Å². The molecule has 2 saturated heterocycles. The Hall–Kier alpha value is -0.860. The molecule has 0 aliphatic carbocycles. The molecule has 2 rings (SSSR count). The minimum Gasteiger partial charge on any atom is -0.332 e. The van der Waals surface area contributed by atoms with Crippen LogP contribution in [0.4, 0.5) is 0 Å². The fourth-order valence-electron chi connectivity index (χ4n) is 1.93. The summed E-state index contributed by atoms with van der Waals surface area (Å²) in [5, 5.41) is 0. The van der Waals surface area contributed by atoms with Crippen LogP contribution in [-0.2, 0) is 9.59 Å². The summed E-state index contributed by atoms with van der Waals surface area (Å²) in [6.07, 6.45) is 3.21. The highest BCUT2D eigenvalue weighted by atomic mass is 16.2. The molecule has 0 saturated carbocycles. The molecule has 0 unspecified atom stereocenters. The molecule has 3 nitrogen and oxygen atoms in total. The number of ketones is 1. The number of rotatable bonds is 0. The minimum atomic E-state index is -0.0451. The summed E-state index contributed by atoms with van der Waals surface area (Å²) in [6.45, 7) is 0.801. The Morgan fingerprint density at radius 2 is 2.09 bits per heavy atom. The molecule has 0 aromatic carbocycles. The van der Waals surface area contributed by atoms with Gasteiger partial charge in [0.25, 0.3) is 0 Å². The maximum absolute atomic E-state index is 11.2. The number of hydrogen-bond acceptors (Lipinski definition) is 2. The first-order chi connectivity index (χ1) is 5.29. The van der Waals surface area contributed by atoms with E-state index in [1.54, 1.807) is 4.90 Å². The van der Waals surface area contributed by atoms with Gasteiger partial charge in [-0.1, -0.05) is 0 Å². The van der Waals surface area contributed by atoms with Gasteiger partial charge in [-0.3, -0.25) is 9.59 Å². The van der Waals surface area contributed by atoms with Crippen molar-refractivity contribution in [3.8, 4) is 0 Å². The predicted molar refractivity (Wildman–Crippen MR) is 39.0 cm³/mol. The second kappa shape index (κ2) is 2.32. The van der Waals surface area contributed by atoms with Crippen LogP contribution in [0.5, 0.6) is 0 Å². The van der Waals surface area contributed by atoms with Crippen LogP contribution in [0.2, 0.25) is 0 Å². The lowest BCUT2D eigenvalue weighted by Crippen LogP contribution is -2.39. The van der Waals surface area contributed by atoms with Gasteiger partial charge in [-0.05, 0) is 19.3 Å². The van der Waals surface area contributed by atoms with Crippen molar-refractivity contribution < 1.29 is 9.59 Å². The summed E-state index contributed by atoms with van der Waals surface area (Å²) in [4.78, 5) is 24.0. The first kappa shape index (κ1) is 6.83. The van der Waals surface area contributed by atoms with Crippen LogP contribution in [-0.4, -0.2) is 29.2 Å². The zero-order valence-corrected chi connectivity index (χ0v) is 6.38. The molecule has 3 heteroatoms. The number of fused-ring (bicyclic) bond motifs is 1. The molecule has 0 spiro atoms. The molecule has 60 valence electrons. The monoisotopic (exact) mass is 153 g/mol. The van der Waals surface area contributed by atoms with Gasteiger partial charge in [0.15, 0.2) is 5.78 Å². The summed E-state index contributed by atoms with van der Waals surface area (Å²) in [5.74, 6) is 0.175. The molecule has 2 fully saturated rings. The van der Waals surface area contributed by atoms with Gasteiger partial charge in [-0.25, -0.2) is 0 Å². The fraction of sp³-hybridized carbons (Fsp3) is 0.750. The average Bonchev–Trinajstić information content (AvgIpc) is 2.30. The van der Waals surface area contributed by atoms with Gasteiger partial charge in [0, 0.05) is 6.54 Å². The molecular weight excluding hydrogens is 142 g/mol. The lowest BCUT2D eigenvalue weighted by molar-refractivity contribution is -0.129. The first-order valence-corrected chi connectivity index (χ1v) is 4.11. The van der Waals surface area contributed by atoms with Gasteiger partial charge in [-0.2, -0.15) is 0 Å². The molecule has 2 heterocycles. The van der Waals surface area contributed by atoms with E-state index in [0.29, 0.717) is 0 Å². The zero-order valence-electron chi connectivity index (χ0n) is 6.38. The van der Waals surface area contributed by atoms with Crippen LogP contribution in [0, 0.1) is 0 Å². The summed E-state index contributed by atoms with van der Waals surface area (Å²) >= 11 is 0. The molecule has 1 atom stereocenters. The van der Waals surface area contributed by atoms with Crippen molar-refractivity contribution in [2.75, 3.05) is 6.54 Å². The van der Waals surface area contributed by atoms with Crippen LogP contribution < -0.4 is 0 Å². The maximum atomic E-state index is 11.2. The Bertz CT molecular complexity index is 190. The second-order valence-electron chi connectivity index (χ2n) is 3.24. The number of amides is 1. The van der Waals surface area contributed by atoms with Crippen molar-refractivity contribution in [1.29, 1.82) is 0 Å². The van der Waals surface area contributed by atoms with Gasteiger partial charge in [0.05, 0.1) is 12.5 Å². The summed E-state index contributed by atoms with van der Waals surface area (Å²) < 4.78 is 0. The van der Waals surface area contributed by atoms with Gasteiger partial charge >= 0.3 is 0 Å². The lowest BCUT2D eigenvalue weighted by atomic mass is 10.0. The number of hydrogen-bond donors (Lipinski definition) is 0. The number of carbonyl (C=O) groups is 2. The topological polar surface area (TPSA) is 37.4 Å². The second-order valence-corrected chi connectivity index (χ2v) is 3.24. The van der Waals surface area contributed by atoms with Crippen LogP contribution >= 0.6 is 0 Å². The van der Waals surface area contributed by atoms with Gasteiger partial charge in [0.1, 0.15) is 0 Å². The molecule has 2 aliphatic heterocycles. The van der Waals surface area contributed by atoms with Crippen LogP contribution in [0.3, 0.4) is 0 Å². The van der Waals surface area contributed by atoms with E-state index < -0.39 is 0 Å². The Labute approximate surface area is 65.4 Å². The van der Waals surface area contributed by atoms with E-state index in [0.717, 1.165) is 25.8 Å². The molecule has 0 radical (unpaired) electrons. The van der Waals surface area contributed by atoms with Crippen molar-refractivity contribution >= 4 is 11.7 Å². The molecule has 0 aromatic heterocycles. The zero-order chi connectivity index (χ0) is 7.84. The summed E-state index contributed by atoms with van der Waals surface area (Å²) in [6, 6.07) is -0.0451. The Morgan fingerprint density at radius 3 is 2.82 bits per heavy atom. The van der Waals surface area contributed by atoms with Gasteiger partial charge < -0.3 is 4.90 Å². The molecule has 1 amide bonds. The minimum absolute atomic E-state index is 0.0414. The molecule has 0 N–H and O–H groups in total. The smallest absolute Gasteiger partial charge is 0.230 e. The molecule has 2 aliphatic rings. The third-order valence-corrected chi connectivity index (χ3v) is 2.52. The van der Waals surface area contributed by atoms with Crippen molar-refractivity contribution in [1.82, 2.24) is 4.90 Å². The van der Waals surface area contributed by atoms with E-state index in [4.69, 9.17) is 0 Å². The Kier molecular flexibility index (Phi) is 1.44. The van der Waals surface area contributed by atoms with E-state index >= 15 is 0 Å². The molecule has 11 heavy (non-hydrogen) atoms. The van der Waals surface area contributed by atoms with Crippen LogP contribution in [0.25, 0.3) is 0 Å². The quantitative estimate of drug-likeness (QED) is 0.470. The first-order valence-electron chi connectivity index (χ1n) is 4.11. The number of nitrogens with zero attached hydrogens (tertiary/aromatic N) is 1. The van der Waals surface area contributed by atoms with Gasteiger partial charge in [0.2, 0.25) is 5.91 Å². The Balaban J connectivity index is 2.19. The van der Waals surface area contributed by atoms with E-state index in [1.165, 1.54) is 0 Å². The fourth-order valence-corrected chi connectivity index (χ4v) is 1.93. The number of carbonyl (C=O) groups excluding carboxylic acids is 2. The van der Waals surface area contributed by atoms with Crippen molar-refractivity contribution in [2.45, 2.75) is 31.7 Å². The highest BCUT2D eigenvalue weighted by Crippen LogP contribution is 2.24. The van der Waals surface area contributed by atoms with E-state index in [2.05, 4.69) is 0 Å². The summed E-state index contributed by atoms with van der Waals surface area (Å²) in [5.41, 5.74) is 0. The molecular formula is C8H11NO2. The van der Waals surface area contributed by atoms with E-state index in [9.17, 15) is 9.59 Å². The SMILES string of the molecule is O=C1CC(=O)N2CCCC[C@@H]12. The lowest BCUT2D eigenvalue weighted by Gasteiger charge is -2.27. The maximum Gasteiger partial charge on any atom is 0.230 e. The van der Waals surface area contributed by atoms with Crippen molar-refractivity contribution in [3.05, 3.63) is 0 Å². The normalized spacial score (nSPS) is 30.9. The third-order valence-electron chi connectivity index (χ3n) is 2.52. The third kappa shape index (κ3) is 0.951. The van der Waals surface area contributed by atoms with E-state index in [1.807, 2.05) is 0 Å². The van der Waals surface area contributed by atoms with Crippen molar-refractivity contribution in [2.24, 2.45) is 0 Å². The standard InChI is InChI=1S/C8H11NO2/c10-7-5-8(11)9-4-2-1-3-6(7)9/h6H,1-5H2/t6-/m0/s1. The average molecular weight is 153 g/mol. The van der Waals surface area contributed by atoms with Gasteiger partial charge in [-0.15, -0.1) is 0 Å². The molecule has 0 aromatic rings. The number of piperidine rings is 1. The molecule has 0 bridgehead atoms. The largest absolute Gasteiger partial charge is 0.332 e. The van der Waals surface area contributed by atoms with Crippen molar-refractivity contribution in [3.63, 3.8) is 0 Å². The van der Waals surface area contributed by atoms with Crippen LogP contribution in [0.1, 0.15) is 25.7 Å². The predicted octanol–water partition coefficient (Wildman–Crippen LogP) is 0.340. The van der Waals surface area contributed by atoms with E-state index in [-0.39, 0.29) is 24.2 Å². The highest BCUT2D eigenvalue weighted by Gasteiger charge is 2.39.